The number of carbonyl (C=O) groups is 1. The Morgan fingerprint density at radius 3 is 2.34 bits per heavy atom. The molecule has 0 spiro atoms. The molecule has 2 aliphatic heterocycles. The first kappa shape index (κ1) is 23.0. The summed E-state index contributed by atoms with van der Waals surface area (Å²) < 4.78 is 33.8. The number of piperazine rings is 1. The van der Waals surface area contributed by atoms with Gasteiger partial charge in [0.2, 0.25) is 15.9 Å². The van der Waals surface area contributed by atoms with E-state index in [2.05, 4.69) is 4.90 Å². The van der Waals surface area contributed by atoms with E-state index in [0.29, 0.717) is 37.8 Å². The van der Waals surface area contributed by atoms with Gasteiger partial charge < -0.3 is 9.64 Å². The number of likely N-dealkylation sites (N-methyl/N-ethyl adjacent to an activating group) is 1. The highest BCUT2D eigenvalue weighted by atomic mass is 35.5. The number of rotatable bonds is 6. The number of nitrogens with zero attached hydrogens (tertiary/aromatic N) is 3. The molecular weight excluding hydrogens is 450 g/mol. The summed E-state index contributed by atoms with van der Waals surface area (Å²) in [6.45, 7) is 7.03. The van der Waals surface area contributed by atoms with Crippen LogP contribution in [0.25, 0.3) is 0 Å². The van der Waals surface area contributed by atoms with Gasteiger partial charge >= 0.3 is 0 Å². The Morgan fingerprint density at radius 2 is 1.69 bits per heavy atom. The minimum Gasteiger partial charge on any atom is -0.492 e. The van der Waals surface area contributed by atoms with Gasteiger partial charge in [-0.2, -0.15) is 4.31 Å². The number of benzene rings is 2. The predicted octanol–water partition coefficient (Wildman–Crippen LogP) is 2.98. The normalized spacial score (nSPS) is 19.2. The van der Waals surface area contributed by atoms with Gasteiger partial charge in [0.25, 0.3) is 0 Å². The topological polar surface area (TPSA) is 70.2 Å². The Morgan fingerprint density at radius 1 is 1.03 bits per heavy atom. The van der Waals surface area contributed by atoms with Gasteiger partial charge in [0, 0.05) is 50.5 Å². The summed E-state index contributed by atoms with van der Waals surface area (Å²) in [4.78, 5) is 16.6. The second kappa shape index (κ2) is 8.67. The number of hydrogen-bond donors (Lipinski definition) is 0. The Labute approximate surface area is 194 Å². The SMILES string of the molecule is CN1C(=O)C(C)(C)c2cc(S(=O)(=O)N3CCN(CCOc4ccc(Cl)cc4)CC3)ccc21. The highest BCUT2D eigenvalue weighted by Crippen LogP contribution is 2.42. The average molecular weight is 478 g/mol. The number of anilines is 1. The molecule has 0 aliphatic carbocycles. The number of halogens is 1. The van der Waals surface area contributed by atoms with Crippen LogP contribution in [0.15, 0.2) is 47.4 Å². The lowest BCUT2D eigenvalue weighted by Crippen LogP contribution is -2.49. The fourth-order valence-corrected chi connectivity index (χ4v) is 5.85. The summed E-state index contributed by atoms with van der Waals surface area (Å²) in [6, 6.07) is 12.2. The van der Waals surface area contributed by atoms with Crippen molar-refractivity contribution in [2.75, 3.05) is 51.3 Å². The maximum atomic E-state index is 13.3. The molecule has 0 radical (unpaired) electrons. The van der Waals surface area contributed by atoms with Crippen molar-refractivity contribution in [1.82, 2.24) is 9.21 Å². The van der Waals surface area contributed by atoms with Crippen LogP contribution in [0, 0.1) is 0 Å². The first-order valence-corrected chi connectivity index (χ1v) is 12.5. The highest BCUT2D eigenvalue weighted by Gasteiger charge is 2.43. The molecule has 1 amide bonds. The van der Waals surface area contributed by atoms with Crippen LogP contribution in [0.5, 0.6) is 5.75 Å². The average Bonchev–Trinajstić information content (AvgIpc) is 2.95. The van der Waals surface area contributed by atoms with E-state index in [1.165, 1.54) is 4.31 Å². The fourth-order valence-electron chi connectivity index (χ4n) is 4.28. The molecule has 9 heteroatoms. The zero-order chi connectivity index (χ0) is 23.1. The fraction of sp³-hybridized carbons (Fsp3) is 0.435. The lowest BCUT2D eigenvalue weighted by atomic mass is 9.86. The van der Waals surface area contributed by atoms with Crippen molar-refractivity contribution in [3.8, 4) is 5.75 Å². The van der Waals surface area contributed by atoms with Crippen molar-refractivity contribution in [1.29, 1.82) is 0 Å². The van der Waals surface area contributed by atoms with E-state index in [-0.39, 0.29) is 10.8 Å². The van der Waals surface area contributed by atoms with Crippen LogP contribution in [0.1, 0.15) is 19.4 Å². The summed E-state index contributed by atoms with van der Waals surface area (Å²) in [6.07, 6.45) is 0. The van der Waals surface area contributed by atoms with E-state index in [1.54, 1.807) is 42.3 Å². The summed E-state index contributed by atoms with van der Waals surface area (Å²) in [7, 11) is -1.90. The predicted molar refractivity (Wildman–Crippen MR) is 125 cm³/mol. The summed E-state index contributed by atoms with van der Waals surface area (Å²) in [5, 5.41) is 0.667. The van der Waals surface area contributed by atoms with Crippen molar-refractivity contribution >= 4 is 33.2 Å². The van der Waals surface area contributed by atoms with Crippen LogP contribution < -0.4 is 9.64 Å². The van der Waals surface area contributed by atoms with Crippen LogP contribution in [0.2, 0.25) is 5.02 Å². The first-order valence-electron chi connectivity index (χ1n) is 10.6. The molecule has 32 heavy (non-hydrogen) atoms. The summed E-state index contributed by atoms with van der Waals surface area (Å²) in [5.41, 5.74) is 0.784. The standard InChI is InChI=1S/C23H28ClN3O4S/c1-23(2)20-16-19(8-9-21(20)25(3)22(23)28)32(29,30)27-12-10-26(11-13-27)14-15-31-18-6-4-17(24)5-7-18/h4-9,16H,10-15H2,1-3H3. The second-order valence-corrected chi connectivity index (χ2v) is 11.1. The molecular formula is C23H28ClN3O4S. The molecule has 0 aromatic heterocycles. The van der Waals surface area contributed by atoms with E-state index in [4.69, 9.17) is 16.3 Å². The molecule has 2 aromatic rings. The Hall–Kier alpha value is -2.13. The number of fused-ring (bicyclic) bond motifs is 1. The van der Waals surface area contributed by atoms with Crippen LogP contribution in [0.4, 0.5) is 5.69 Å². The monoisotopic (exact) mass is 477 g/mol. The first-order chi connectivity index (χ1) is 15.1. The van der Waals surface area contributed by atoms with E-state index in [9.17, 15) is 13.2 Å². The van der Waals surface area contributed by atoms with Crippen molar-refractivity contribution < 1.29 is 17.9 Å². The molecule has 0 saturated carbocycles. The summed E-state index contributed by atoms with van der Waals surface area (Å²) in [5.74, 6) is 0.732. The molecule has 7 nitrogen and oxygen atoms in total. The lowest BCUT2D eigenvalue weighted by Gasteiger charge is -2.34. The van der Waals surface area contributed by atoms with Gasteiger partial charge in [0.15, 0.2) is 0 Å². The molecule has 0 unspecified atom stereocenters. The molecule has 0 bridgehead atoms. The van der Waals surface area contributed by atoms with Crippen LogP contribution in [-0.4, -0.2) is 69.9 Å². The van der Waals surface area contributed by atoms with Crippen molar-refractivity contribution in [3.05, 3.63) is 53.1 Å². The number of carbonyl (C=O) groups excluding carboxylic acids is 1. The third-order valence-corrected chi connectivity index (χ3v) is 8.45. The van der Waals surface area contributed by atoms with Gasteiger partial charge in [-0.05, 0) is 61.9 Å². The lowest BCUT2D eigenvalue weighted by molar-refractivity contribution is -0.121. The highest BCUT2D eigenvalue weighted by molar-refractivity contribution is 7.89. The third kappa shape index (κ3) is 4.24. The molecule has 172 valence electrons. The zero-order valence-corrected chi connectivity index (χ0v) is 20.1. The van der Waals surface area contributed by atoms with E-state index in [1.807, 2.05) is 26.0 Å². The molecule has 1 saturated heterocycles. The van der Waals surface area contributed by atoms with Gasteiger partial charge in [-0.1, -0.05) is 11.6 Å². The Bertz CT molecular complexity index is 1110. The van der Waals surface area contributed by atoms with Gasteiger partial charge in [-0.25, -0.2) is 8.42 Å². The minimum absolute atomic E-state index is 0.0310. The molecule has 2 aliphatic rings. The number of amides is 1. The van der Waals surface area contributed by atoms with Crippen molar-refractivity contribution in [2.24, 2.45) is 0 Å². The third-order valence-electron chi connectivity index (χ3n) is 6.30. The van der Waals surface area contributed by atoms with Gasteiger partial charge in [-0.15, -0.1) is 0 Å². The molecule has 4 rings (SSSR count). The minimum atomic E-state index is -3.63. The molecule has 1 fully saturated rings. The van der Waals surface area contributed by atoms with Crippen molar-refractivity contribution in [3.63, 3.8) is 0 Å². The van der Waals surface area contributed by atoms with Gasteiger partial charge in [0.05, 0.1) is 10.3 Å². The molecule has 0 atom stereocenters. The van der Waals surface area contributed by atoms with E-state index in [0.717, 1.165) is 23.5 Å². The smallest absolute Gasteiger partial charge is 0.243 e. The van der Waals surface area contributed by atoms with Crippen LogP contribution >= 0.6 is 11.6 Å². The van der Waals surface area contributed by atoms with E-state index < -0.39 is 15.4 Å². The molecule has 2 heterocycles. The molecule has 2 aromatic carbocycles. The number of hydrogen-bond acceptors (Lipinski definition) is 5. The maximum Gasteiger partial charge on any atom is 0.243 e. The largest absolute Gasteiger partial charge is 0.492 e. The summed E-state index contributed by atoms with van der Waals surface area (Å²) >= 11 is 5.88. The Kier molecular flexibility index (Phi) is 6.24. The Balaban J connectivity index is 1.37. The van der Waals surface area contributed by atoms with Gasteiger partial charge in [0.1, 0.15) is 12.4 Å². The van der Waals surface area contributed by atoms with E-state index >= 15 is 0 Å². The number of ether oxygens (including phenoxy) is 1. The zero-order valence-electron chi connectivity index (χ0n) is 18.5. The van der Waals surface area contributed by atoms with Crippen LogP contribution in [-0.2, 0) is 20.2 Å². The van der Waals surface area contributed by atoms with Crippen LogP contribution in [0.3, 0.4) is 0 Å². The second-order valence-electron chi connectivity index (χ2n) is 8.72. The molecule has 0 N–H and O–H groups in total. The van der Waals surface area contributed by atoms with Crippen molar-refractivity contribution in [2.45, 2.75) is 24.2 Å². The number of sulfonamides is 1. The maximum absolute atomic E-state index is 13.3. The van der Waals surface area contributed by atoms with Gasteiger partial charge in [-0.3, -0.25) is 9.69 Å². The quantitative estimate of drug-likeness (QED) is 0.639.